The summed E-state index contributed by atoms with van der Waals surface area (Å²) in [6, 6.07) is 14.7. The van der Waals surface area contributed by atoms with E-state index in [1.807, 2.05) is 30.3 Å². The first kappa shape index (κ1) is 30.0. The van der Waals surface area contributed by atoms with Crippen molar-refractivity contribution in [2.45, 2.75) is 64.9 Å². The van der Waals surface area contributed by atoms with E-state index in [-0.39, 0.29) is 11.9 Å². The normalized spacial score (nSPS) is 11.5. The van der Waals surface area contributed by atoms with E-state index in [4.69, 9.17) is 14.2 Å². The molecule has 1 amide bonds. The molecule has 0 heterocycles. The molecule has 37 heavy (non-hydrogen) atoms. The first-order valence-corrected chi connectivity index (χ1v) is 13.3. The van der Waals surface area contributed by atoms with Crippen LogP contribution in [0.15, 0.2) is 53.5 Å². The predicted molar refractivity (Wildman–Crippen MR) is 148 cm³/mol. The molecule has 7 nitrogen and oxygen atoms in total. The van der Waals surface area contributed by atoms with Gasteiger partial charge < -0.3 is 19.1 Å². The molecule has 7 heteroatoms. The average molecular weight is 511 g/mol. The van der Waals surface area contributed by atoms with E-state index in [0.717, 1.165) is 18.4 Å². The van der Waals surface area contributed by atoms with Gasteiger partial charge in [-0.15, -0.1) is 0 Å². The van der Waals surface area contributed by atoms with Crippen LogP contribution in [0.4, 0.5) is 5.69 Å². The van der Waals surface area contributed by atoms with Gasteiger partial charge in [0.05, 0.1) is 24.4 Å². The van der Waals surface area contributed by atoms with Crippen LogP contribution >= 0.6 is 0 Å². The summed E-state index contributed by atoms with van der Waals surface area (Å²) in [7, 11) is 1.73. The van der Waals surface area contributed by atoms with E-state index in [2.05, 4.69) is 18.6 Å². The van der Waals surface area contributed by atoms with Crippen LogP contribution in [-0.2, 0) is 20.7 Å². The molecule has 0 bridgehead atoms. The third-order valence-electron chi connectivity index (χ3n) is 6.06. The highest BCUT2D eigenvalue weighted by atomic mass is 16.6. The van der Waals surface area contributed by atoms with Crippen LogP contribution in [0.2, 0.25) is 0 Å². The molecule has 0 aliphatic rings. The largest absolute Gasteiger partial charge is 0.492 e. The van der Waals surface area contributed by atoms with Crippen molar-refractivity contribution in [1.82, 2.24) is 4.90 Å². The van der Waals surface area contributed by atoms with Gasteiger partial charge in [-0.05, 0) is 49.9 Å². The molecule has 202 valence electrons. The number of aliphatic imine (C=N–C) groups is 1. The maximum atomic E-state index is 12.7. The number of nitrogens with zero attached hydrogens (tertiary/aromatic N) is 2. The summed E-state index contributed by atoms with van der Waals surface area (Å²) in [6.45, 7) is 9.18. The second-order valence-corrected chi connectivity index (χ2v) is 8.98. The van der Waals surface area contributed by atoms with Gasteiger partial charge in [0.1, 0.15) is 12.4 Å². The molecule has 2 rings (SSSR count). The van der Waals surface area contributed by atoms with Gasteiger partial charge in [-0.3, -0.25) is 9.79 Å². The highest BCUT2D eigenvalue weighted by Gasteiger charge is 2.21. The quantitative estimate of drug-likeness (QED) is 0.139. The molecule has 1 atom stereocenters. The van der Waals surface area contributed by atoms with Gasteiger partial charge in [-0.2, -0.15) is 0 Å². The molecular formula is C30H42N2O5. The summed E-state index contributed by atoms with van der Waals surface area (Å²) < 4.78 is 17.0. The molecule has 0 aliphatic carbocycles. The monoisotopic (exact) mass is 510 g/mol. The third kappa shape index (κ3) is 10.8. The minimum Gasteiger partial charge on any atom is -0.492 e. The van der Waals surface area contributed by atoms with Gasteiger partial charge in [0.2, 0.25) is 0 Å². The number of amides is 1. The molecule has 0 saturated heterocycles. The smallest absolute Gasteiger partial charge is 0.335 e. The van der Waals surface area contributed by atoms with Crippen LogP contribution in [0.3, 0.4) is 0 Å². The number of hydrogen-bond acceptors (Lipinski definition) is 6. The zero-order chi connectivity index (χ0) is 26.9. The van der Waals surface area contributed by atoms with Crippen molar-refractivity contribution in [3.63, 3.8) is 0 Å². The van der Waals surface area contributed by atoms with Gasteiger partial charge in [-0.25, -0.2) is 4.79 Å². The summed E-state index contributed by atoms with van der Waals surface area (Å²) in [5, 5.41) is 0. The van der Waals surface area contributed by atoms with Gasteiger partial charge >= 0.3 is 5.97 Å². The number of carbonyl (C=O) groups excluding carboxylic acids is 2. The van der Waals surface area contributed by atoms with Crippen molar-refractivity contribution in [2.75, 3.05) is 33.4 Å². The van der Waals surface area contributed by atoms with E-state index >= 15 is 0 Å². The molecular weight excluding hydrogens is 468 g/mol. The van der Waals surface area contributed by atoms with Crippen LogP contribution in [0.1, 0.15) is 68.3 Å². The number of hydrogen-bond donors (Lipinski definition) is 0. The Bertz CT molecular complexity index is 961. The molecule has 1 unspecified atom stereocenters. The second kappa shape index (κ2) is 17.3. The molecule has 0 radical (unpaired) electrons. The van der Waals surface area contributed by atoms with Crippen molar-refractivity contribution in [3.05, 3.63) is 59.7 Å². The number of likely N-dealkylation sites (N-methyl/N-ethyl adjacent to an activating group) is 1. The first-order chi connectivity index (χ1) is 18.0. The lowest BCUT2D eigenvalue weighted by atomic mass is 10.1. The molecule has 0 saturated carbocycles. The fourth-order valence-electron chi connectivity index (χ4n) is 3.89. The van der Waals surface area contributed by atoms with Crippen LogP contribution in [0.5, 0.6) is 5.75 Å². The van der Waals surface area contributed by atoms with E-state index in [1.54, 1.807) is 37.1 Å². The fraction of sp³-hybridized carbons (Fsp3) is 0.500. The Morgan fingerprint density at radius 2 is 1.65 bits per heavy atom. The number of benzene rings is 2. The Morgan fingerprint density at radius 3 is 2.35 bits per heavy atom. The highest BCUT2D eigenvalue weighted by Crippen LogP contribution is 2.20. The van der Waals surface area contributed by atoms with E-state index < -0.39 is 6.10 Å². The highest BCUT2D eigenvalue weighted by molar-refractivity contribution is 5.99. The topological polar surface area (TPSA) is 77.4 Å². The minimum atomic E-state index is -0.616. The van der Waals surface area contributed by atoms with Crippen LogP contribution < -0.4 is 4.74 Å². The Hall–Kier alpha value is -3.19. The first-order valence-electron chi connectivity index (χ1n) is 13.3. The van der Waals surface area contributed by atoms with Crippen LogP contribution in [0.25, 0.3) is 0 Å². The van der Waals surface area contributed by atoms with E-state index in [9.17, 15) is 9.59 Å². The summed E-state index contributed by atoms with van der Waals surface area (Å²) >= 11 is 0. The Kier molecular flexibility index (Phi) is 14.0. The summed E-state index contributed by atoms with van der Waals surface area (Å²) in [6.07, 6.45) is 6.83. The molecule has 0 aromatic heterocycles. The van der Waals surface area contributed by atoms with Crippen molar-refractivity contribution < 1.29 is 23.8 Å². The molecule has 0 N–H and O–H groups in total. The molecule has 0 aliphatic heterocycles. The van der Waals surface area contributed by atoms with Crippen molar-refractivity contribution in [3.8, 4) is 5.75 Å². The lowest BCUT2D eigenvalue weighted by molar-refractivity contribution is -0.156. The molecule has 0 fully saturated rings. The van der Waals surface area contributed by atoms with Crippen molar-refractivity contribution in [1.29, 1.82) is 0 Å². The summed E-state index contributed by atoms with van der Waals surface area (Å²) in [5.74, 6) is 0.237. The van der Waals surface area contributed by atoms with Crippen molar-refractivity contribution >= 4 is 24.3 Å². The second-order valence-electron chi connectivity index (χ2n) is 8.98. The minimum absolute atomic E-state index is 0.132. The number of unbranched alkanes of at least 4 members (excludes halogenated alkanes) is 5. The number of esters is 1. The number of carbonyl (C=O) groups is 2. The Morgan fingerprint density at radius 1 is 0.946 bits per heavy atom. The summed E-state index contributed by atoms with van der Waals surface area (Å²) in [4.78, 5) is 30.6. The lowest BCUT2D eigenvalue weighted by Gasteiger charge is -2.19. The number of para-hydroxylation sites is 1. The predicted octanol–water partition coefficient (Wildman–Crippen LogP) is 6.02. The van der Waals surface area contributed by atoms with Crippen molar-refractivity contribution in [2.24, 2.45) is 4.99 Å². The molecule has 0 spiro atoms. The Balaban J connectivity index is 1.82. The molecule has 2 aromatic rings. The van der Waals surface area contributed by atoms with Crippen LogP contribution in [-0.4, -0.2) is 63.0 Å². The standard InChI is InChI=1S/C30H42N2O5/c1-5-7-8-9-10-13-21-37-28(30(34)35-6-2)23-24-16-18-25(19-17-24)36-22-20-32(4)29(33)26-14-11-12-15-27(26)31-3/h11-12,14-19,28H,3,5-10,13,20-23H2,1-2,4H3. The maximum Gasteiger partial charge on any atom is 0.335 e. The van der Waals surface area contributed by atoms with Gasteiger partial charge in [0.25, 0.3) is 5.91 Å². The van der Waals surface area contributed by atoms with Gasteiger partial charge in [0.15, 0.2) is 6.10 Å². The summed E-state index contributed by atoms with van der Waals surface area (Å²) in [5.41, 5.74) is 2.04. The zero-order valence-corrected chi connectivity index (χ0v) is 22.6. The number of ether oxygens (including phenoxy) is 3. The van der Waals surface area contributed by atoms with E-state index in [1.165, 1.54) is 25.7 Å². The average Bonchev–Trinajstić information content (AvgIpc) is 2.92. The maximum absolute atomic E-state index is 12.7. The van der Waals surface area contributed by atoms with Crippen LogP contribution in [0, 0.1) is 0 Å². The zero-order valence-electron chi connectivity index (χ0n) is 22.6. The molecule has 2 aromatic carbocycles. The SMILES string of the molecule is C=Nc1ccccc1C(=O)N(C)CCOc1ccc(CC(OCCCCCCCC)C(=O)OCC)cc1. The Labute approximate surface area is 221 Å². The lowest BCUT2D eigenvalue weighted by Crippen LogP contribution is -2.31. The number of rotatable bonds is 18. The third-order valence-corrected chi connectivity index (χ3v) is 6.06. The van der Waals surface area contributed by atoms with Gasteiger partial charge in [-0.1, -0.05) is 63.3 Å². The van der Waals surface area contributed by atoms with E-state index in [0.29, 0.717) is 49.8 Å². The fourth-order valence-corrected chi connectivity index (χ4v) is 3.89. The van der Waals surface area contributed by atoms with Gasteiger partial charge in [0, 0.05) is 20.1 Å².